The number of nitrogens with zero attached hydrogens (tertiary/aromatic N) is 3. The van der Waals surface area contributed by atoms with Crippen LogP contribution in [0.15, 0.2) is 66.3 Å². The topological polar surface area (TPSA) is 30.7 Å². The van der Waals surface area contributed by atoms with E-state index in [-0.39, 0.29) is 0 Å². The van der Waals surface area contributed by atoms with Crippen molar-refractivity contribution in [1.29, 1.82) is 0 Å². The normalized spacial score (nSPS) is 10.8. The number of hydrogen-bond acceptors (Lipinski definition) is 3. The van der Waals surface area contributed by atoms with Gasteiger partial charge in [0.25, 0.3) is 0 Å². The molecule has 2 aromatic carbocycles. The summed E-state index contributed by atoms with van der Waals surface area (Å²) in [6.07, 6.45) is 1.89. The Balaban J connectivity index is 1.87. The molecule has 24 heavy (non-hydrogen) atoms. The van der Waals surface area contributed by atoms with Crippen molar-refractivity contribution in [2.45, 2.75) is 31.3 Å². The van der Waals surface area contributed by atoms with Crippen molar-refractivity contribution in [3.05, 3.63) is 77.9 Å². The molecule has 0 aliphatic rings. The van der Waals surface area contributed by atoms with Crippen LogP contribution in [0.1, 0.15) is 16.7 Å². The smallest absolute Gasteiger partial charge is 0.192 e. The third-order valence-corrected chi connectivity index (χ3v) is 4.94. The van der Waals surface area contributed by atoms with Gasteiger partial charge in [0.1, 0.15) is 0 Å². The molecule has 1 heterocycles. The standard InChI is InChI=1S/C20H21N3S/c1-4-13-23-19(18-8-6-5-7-16(18)3)21-22-20(23)24-14-17-11-9-15(2)10-12-17/h4-12H,1,13-14H2,2-3H3. The van der Waals surface area contributed by atoms with Crippen LogP contribution in [0.2, 0.25) is 0 Å². The Morgan fingerprint density at radius 3 is 2.50 bits per heavy atom. The van der Waals surface area contributed by atoms with Gasteiger partial charge < -0.3 is 0 Å². The quantitative estimate of drug-likeness (QED) is 0.467. The number of allylic oxidation sites excluding steroid dienone is 1. The minimum Gasteiger partial charge on any atom is -0.298 e. The summed E-state index contributed by atoms with van der Waals surface area (Å²) in [5.74, 6) is 1.78. The van der Waals surface area contributed by atoms with Crippen molar-refractivity contribution in [3.8, 4) is 11.4 Å². The van der Waals surface area contributed by atoms with Crippen LogP contribution in [0.5, 0.6) is 0 Å². The molecule has 122 valence electrons. The summed E-state index contributed by atoms with van der Waals surface area (Å²) in [5, 5.41) is 9.77. The summed E-state index contributed by atoms with van der Waals surface area (Å²) >= 11 is 1.71. The highest BCUT2D eigenvalue weighted by Gasteiger charge is 2.14. The number of benzene rings is 2. The predicted molar refractivity (Wildman–Crippen MR) is 101 cm³/mol. The summed E-state index contributed by atoms with van der Waals surface area (Å²) in [4.78, 5) is 0. The molecule has 4 heteroatoms. The summed E-state index contributed by atoms with van der Waals surface area (Å²) in [6, 6.07) is 16.9. The second-order valence-corrected chi connectivity index (χ2v) is 6.74. The molecule has 0 saturated carbocycles. The molecule has 3 rings (SSSR count). The van der Waals surface area contributed by atoms with Crippen LogP contribution in [-0.4, -0.2) is 14.8 Å². The molecule has 0 aliphatic carbocycles. The molecule has 0 spiro atoms. The fraction of sp³-hybridized carbons (Fsp3) is 0.200. The number of aromatic nitrogens is 3. The molecule has 0 aliphatic heterocycles. The SMILES string of the molecule is C=CCn1c(SCc2ccc(C)cc2)nnc1-c1ccccc1C. The van der Waals surface area contributed by atoms with Gasteiger partial charge in [-0.25, -0.2) is 0 Å². The van der Waals surface area contributed by atoms with Crippen molar-refractivity contribution >= 4 is 11.8 Å². The lowest BCUT2D eigenvalue weighted by atomic mass is 10.1. The molecular formula is C20H21N3S. The maximum Gasteiger partial charge on any atom is 0.192 e. The van der Waals surface area contributed by atoms with Gasteiger partial charge in [0.15, 0.2) is 11.0 Å². The fourth-order valence-corrected chi connectivity index (χ4v) is 3.45. The Labute approximate surface area is 147 Å². The predicted octanol–water partition coefficient (Wildman–Crippen LogP) is 5.04. The molecule has 0 amide bonds. The van der Waals surface area contributed by atoms with E-state index < -0.39 is 0 Å². The van der Waals surface area contributed by atoms with Gasteiger partial charge in [0.05, 0.1) is 0 Å². The van der Waals surface area contributed by atoms with Crippen LogP contribution in [0.3, 0.4) is 0 Å². The zero-order chi connectivity index (χ0) is 16.9. The van der Waals surface area contributed by atoms with Crippen LogP contribution < -0.4 is 0 Å². The van der Waals surface area contributed by atoms with Crippen LogP contribution >= 0.6 is 11.8 Å². The lowest BCUT2D eigenvalue weighted by Gasteiger charge is -2.09. The molecule has 0 N–H and O–H groups in total. The summed E-state index contributed by atoms with van der Waals surface area (Å²) < 4.78 is 2.13. The highest BCUT2D eigenvalue weighted by atomic mass is 32.2. The van der Waals surface area contributed by atoms with E-state index in [0.717, 1.165) is 22.3 Å². The molecule has 0 unspecified atom stereocenters. The number of rotatable bonds is 6. The van der Waals surface area contributed by atoms with Gasteiger partial charge >= 0.3 is 0 Å². The summed E-state index contributed by atoms with van der Waals surface area (Å²) in [6.45, 7) is 8.78. The lowest BCUT2D eigenvalue weighted by molar-refractivity contribution is 0.731. The van der Waals surface area contributed by atoms with E-state index in [0.29, 0.717) is 6.54 Å². The van der Waals surface area contributed by atoms with Gasteiger partial charge in [-0.3, -0.25) is 4.57 Å². The van der Waals surface area contributed by atoms with E-state index in [1.165, 1.54) is 16.7 Å². The minimum absolute atomic E-state index is 0.701. The van der Waals surface area contributed by atoms with Gasteiger partial charge in [-0.2, -0.15) is 0 Å². The summed E-state index contributed by atoms with van der Waals surface area (Å²) in [7, 11) is 0. The van der Waals surface area contributed by atoms with Crippen molar-refractivity contribution < 1.29 is 0 Å². The number of thioether (sulfide) groups is 1. The number of aryl methyl sites for hydroxylation is 2. The van der Waals surface area contributed by atoms with Crippen molar-refractivity contribution in [2.75, 3.05) is 0 Å². The molecule has 0 bridgehead atoms. The minimum atomic E-state index is 0.701. The second kappa shape index (κ2) is 7.49. The van der Waals surface area contributed by atoms with E-state index in [1.807, 2.05) is 18.2 Å². The van der Waals surface area contributed by atoms with Crippen molar-refractivity contribution in [1.82, 2.24) is 14.8 Å². The van der Waals surface area contributed by atoms with Crippen LogP contribution in [0, 0.1) is 13.8 Å². The van der Waals surface area contributed by atoms with E-state index in [2.05, 4.69) is 71.6 Å². The first-order valence-electron chi connectivity index (χ1n) is 7.97. The van der Waals surface area contributed by atoms with Gasteiger partial charge in [-0.05, 0) is 25.0 Å². The zero-order valence-corrected chi connectivity index (χ0v) is 14.9. The molecule has 0 saturated heterocycles. The highest BCUT2D eigenvalue weighted by molar-refractivity contribution is 7.98. The van der Waals surface area contributed by atoms with E-state index in [4.69, 9.17) is 0 Å². The molecule has 3 nitrogen and oxygen atoms in total. The maximum atomic E-state index is 4.44. The Morgan fingerprint density at radius 2 is 1.79 bits per heavy atom. The third kappa shape index (κ3) is 3.60. The number of hydrogen-bond donors (Lipinski definition) is 0. The molecule has 0 radical (unpaired) electrons. The largest absolute Gasteiger partial charge is 0.298 e. The first kappa shape index (κ1) is 16.5. The summed E-state index contributed by atoms with van der Waals surface area (Å²) in [5.41, 5.74) is 4.89. The van der Waals surface area contributed by atoms with Crippen LogP contribution in [-0.2, 0) is 12.3 Å². The van der Waals surface area contributed by atoms with Gasteiger partial charge in [0.2, 0.25) is 0 Å². The molecular weight excluding hydrogens is 314 g/mol. The van der Waals surface area contributed by atoms with Gasteiger partial charge in [0, 0.05) is 17.9 Å². The maximum absolute atomic E-state index is 4.44. The molecule has 1 aromatic heterocycles. The Kier molecular flexibility index (Phi) is 5.16. The zero-order valence-electron chi connectivity index (χ0n) is 14.1. The van der Waals surface area contributed by atoms with Crippen molar-refractivity contribution in [2.24, 2.45) is 0 Å². The van der Waals surface area contributed by atoms with Gasteiger partial charge in [-0.15, -0.1) is 16.8 Å². The average molecular weight is 335 g/mol. The van der Waals surface area contributed by atoms with Crippen LogP contribution in [0.4, 0.5) is 0 Å². The molecule has 3 aromatic rings. The third-order valence-electron chi connectivity index (χ3n) is 3.90. The monoisotopic (exact) mass is 335 g/mol. The molecule has 0 fully saturated rings. The van der Waals surface area contributed by atoms with E-state index in [9.17, 15) is 0 Å². The lowest BCUT2D eigenvalue weighted by Crippen LogP contribution is -2.01. The van der Waals surface area contributed by atoms with E-state index in [1.54, 1.807) is 11.8 Å². The Morgan fingerprint density at radius 1 is 1.04 bits per heavy atom. The van der Waals surface area contributed by atoms with Crippen molar-refractivity contribution in [3.63, 3.8) is 0 Å². The first-order valence-corrected chi connectivity index (χ1v) is 8.96. The second-order valence-electron chi connectivity index (χ2n) is 5.79. The Hall–Kier alpha value is -2.33. The first-order chi connectivity index (χ1) is 11.7. The van der Waals surface area contributed by atoms with E-state index >= 15 is 0 Å². The average Bonchev–Trinajstić information content (AvgIpc) is 2.98. The molecule has 0 atom stereocenters. The Bertz CT molecular complexity index is 834. The van der Waals surface area contributed by atoms with Gasteiger partial charge in [-0.1, -0.05) is 71.9 Å². The van der Waals surface area contributed by atoms with Crippen LogP contribution in [0.25, 0.3) is 11.4 Å². The fourth-order valence-electron chi connectivity index (χ4n) is 2.54. The highest BCUT2D eigenvalue weighted by Crippen LogP contribution is 2.28.